The van der Waals surface area contributed by atoms with Crippen molar-refractivity contribution in [2.75, 3.05) is 19.0 Å². The Labute approximate surface area is 127 Å². The maximum absolute atomic E-state index is 12.5. The van der Waals surface area contributed by atoms with Crippen LogP contribution in [0, 0.1) is 0 Å². The Bertz CT molecular complexity index is 560. The summed E-state index contributed by atoms with van der Waals surface area (Å²) in [5.74, 6) is -1.58. The molecule has 0 atom stereocenters. The van der Waals surface area contributed by atoms with Gasteiger partial charge in [0.05, 0.1) is 7.11 Å². The van der Waals surface area contributed by atoms with Gasteiger partial charge in [0.15, 0.2) is 0 Å². The first-order chi connectivity index (χ1) is 10.2. The Morgan fingerprint density at radius 1 is 1.10 bits per heavy atom. The van der Waals surface area contributed by atoms with E-state index in [1.165, 1.54) is 5.56 Å². The molecule has 2 nitrogen and oxygen atoms in total. The molecule has 0 amide bonds. The number of alkyl halides is 2. The standard InChI is InChI=1S/C16H17F2NOS/c1-20-13-8-6-12(7-9-13)10-11-19-14-4-2-3-5-15(14)21-16(17)18/h2-9,16,19H,10-11H2,1H3. The van der Waals surface area contributed by atoms with Gasteiger partial charge in [0.1, 0.15) is 5.75 Å². The summed E-state index contributed by atoms with van der Waals surface area (Å²) in [7, 11) is 1.63. The van der Waals surface area contributed by atoms with Crippen molar-refractivity contribution in [2.45, 2.75) is 17.1 Å². The molecule has 0 aliphatic rings. The van der Waals surface area contributed by atoms with Crippen molar-refractivity contribution in [3.8, 4) is 5.75 Å². The zero-order chi connectivity index (χ0) is 15.1. The van der Waals surface area contributed by atoms with Gasteiger partial charge in [-0.3, -0.25) is 0 Å². The SMILES string of the molecule is COc1ccc(CCNc2ccccc2SC(F)F)cc1. The topological polar surface area (TPSA) is 21.3 Å². The van der Waals surface area contributed by atoms with Crippen molar-refractivity contribution >= 4 is 17.4 Å². The number of halogens is 2. The lowest BCUT2D eigenvalue weighted by molar-refractivity contribution is 0.252. The van der Waals surface area contributed by atoms with Crippen LogP contribution in [0.1, 0.15) is 5.56 Å². The molecule has 21 heavy (non-hydrogen) atoms. The predicted octanol–water partition coefficient (Wildman–Crippen LogP) is 4.66. The summed E-state index contributed by atoms with van der Waals surface area (Å²) >= 11 is 0.564. The van der Waals surface area contributed by atoms with E-state index in [1.54, 1.807) is 19.2 Å². The van der Waals surface area contributed by atoms with Crippen LogP contribution < -0.4 is 10.1 Å². The number of thioether (sulfide) groups is 1. The van der Waals surface area contributed by atoms with Crippen molar-refractivity contribution in [2.24, 2.45) is 0 Å². The fraction of sp³-hybridized carbons (Fsp3) is 0.250. The number of nitrogens with one attached hydrogen (secondary N) is 1. The van der Waals surface area contributed by atoms with Crippen LogP contribution in [-0.4, -0.2) is 19.4 Å². The zero-order valence-electron chi connectivity index (χ0n) is 11.7. The summed E-state index contributed by atoms with van der Waals surface area (Å²) in [5, 5.41) is 3.21. The first kappa shape index (κ1) is 15.6. The van der Waals surface area contributed by atoms with Crippen molar-refractivity contribution in [1.29, 1.82) is 0 Å². The van der Waals surface area contributed by atoms with Crippen molar-refractivity contribution in [3.63, 3.8) is 0 Å². The molecule has 1 N–H and O–H groups in total. The van der Waals surface area contributed by atoms with E-state index in [0.29, 0.717) is 23.2 Å². The van der Waals surface area contributed by atoms with Crippen LogP contribution in [0.25, 0.3) is 0 Å². The molecule has 0 fully saturated rings. The summed E-state index contributed by atoms with van der Waals surface area (Å²) in [4.78, 5) is 0.572. The van der Waals surface area contributed by atoms with Crippen LogP contribution in [0.5, 0.6) is 5.75 Å². The second kappa shape index (κ2) is 7.88. The summed E-state index contributed by atoms with van der Waals surface area (Å²) in [6.45, 7) is 0.688. The highest BCUT2D eigenvalue weighted by molar-refractivity contribution is 7.99. The molecule has 0 spiro atoms. The smallest absolute Gasteiger partial charge is 0.288 e. The largest absolute Gasteiger partial charge is 0.497 e. The summed E-state index contributed by atoms with van der Waals surface area (Å²) in [6, 6.07) is 14.9. The first-order valence-corrected chi connectivity index (χ1v) is 7.47. The zero-order valence-corrected chi connectivity index (χ0v) is 12.5. The van der Waals surface area contributed by atoms with E-state index in [4.69, 9.17) is 4.74 Å². The van der Waals surface area contributed by atoms with Crippen LogP contribution >= 0.6 is 11.8 Å². The molecule has 2 rings (SSSR count). The minimum Gasteiger partial charge on any atom is -0.497 e. The van der Waals surface area contributed by atoms with E-state index < -0.39 is 5.76 Å². The lowest BCUT2D eigenvalue weighted by Crippen LogP contribution is -2.06. The van der Waals surface area contributed by atoms with E-state index in [2.05, 4.69) is 5.32 Å². The lowest BCUT2D eigenvalue weighted by Gasteiger charge is -2.11. The molecular weight excluding hydrogens is 292 g/mol. The summed E-state index contributed by atoms with van der Waals surface area (Å²) in [5.41, 5.74) is 1.92. The van der Waals surface area contributed by atoms with Crippen LogP contribution in [0.2, 0.25) is 0 Å². The Kier molecular flexibility index (Phi) is 5.87. The molecular formula is C16H17F2NOS. The third kappa shape index (κ3) is 4.93. The Balaban J connectivity index is 1.90. The minimum absolute atomic E-state index is 0.564. The van der Waals surface area contributed by atoms with Crippen LogP contribution in [0.3, 0.4) is 0 Å². The normalized spacial score (nSPS) is 10.7. The number of methoxy groups -OCH3 is 1. The molecule has 0 aromatic heterocycles. The quantitative estimate of drug-likeness (QED) is 0.751. The van der Waals surface area contributed by atoms with Gasteiger partial charge < -0.3 is 10.1 Å². The highest BCUT2D eigenvalue weighted by Gasteiger charge is 2.09. The first-order valence-electron chi connectivity index (χ1n) is 6.59. The molecule has 0 aliphatic carbocycles. The van der Waals surface area contributed by atoms with E-state index in [0.717, 1.165) is 17.9 Å². The average molecular weight is 309 g/mol. The van der Waals surface area contributed by atoms with Gasteiger partial charge in [-0.05, 0) is 36.2 Å². The molecule has 2 aromatic carbocycles. The number of para-hydroxylation sites is 1. The van der Waals surface area contributed by atoms with Gasteiger partial charge in [0, 0.05) is 17.1 Å². The highest BCUT2D eigenvalue weighted by atomic mass is 32.2. The molecule has 5 heteroatoms. The molecule has 0 bridgehead atoms. The van der Waals surface area contributed by atoms with E-state index in [1.807, 2.05) is 36.4 Å². The number of hydrogen-bond donors (Lipinski definition) is 1. The number of anilines is 1. The van der Waals surface area contributed by atoms with E-state index in [9.17, 15) is 8.78 Å². The molecule has 0 aliphatic heterocycles. The lowest BCUT2D eigenvalue weighted by atomic mass is 10.1. The van der Waals surface area contributed by atoms with Crippen LogP contribution in [0.4, 0.5) is 14.5 Å². The van der Waals surface area contributed by atoms with E-state index in [-0.39, 0.29) is 0 Å². The number of ether oxygens (including phenoxy) is 1. The van der Waals surface area contributed by atoms with Gasteiger partial charge in [-0.2, -0.15) is 8.78 Å². The predicted molar refractivity (Wildman–Crippen MR) is 83.5 cm³/mol. The van der Waals surface area contributed by atoms with Gasteiger partial charge >= 0.3 is 0 Å². The van der Waals surface area contributed by atoms with Crippen LogP contribution in [0.15, 0.2) is 53.4 Å². The number of rotatable bonds is 7. The van der Waals surface area contributed by atoms with Crippen molar-refractivity contribution in [3.05, 3.63) is 54.1 Å². The molecule has 2 aromatic rings. The Morgan fingerprint density at radius 2 is 1.81 bits per heavy atom. The van der Waals surface area contributed by atoms with Gasteiger partial charge in [0.2, 0.25) is 0 Å². The number of hydrogen-bond acceptors (Lipinski definition) is 3. The van der Waals surface area contributed by atoms with Crippen molar-refractivity contribution < 1.29 is 13.5 Å². The molecule has 0 saturated heterocycles. The van der Waals surface area contributed by atoms with Gasteiger partial charge in [0.25, 0.3) is 5.76 Å². The third-order valence-electron chi connectivity index (χ3n) is 2.99. The van der Waals surface area contributed by atoms with Gasteiger partial charge in [-0.25, -0.2) is 0 Å². The van der Waals surface area contributed by atoms with Crippen LogP contribution in [-0.2, 0) is 6.42 Å². The third-order valence-corrected chi connectivity index (χ3v) is 3.78. The van der Waals surface area contributed by atoms with Gasteiger partial charge in [-0.15, -0.1) is 0 Å². The van der Waals surface area contributed by atoms with Gasteiger partial charge in [-0.1, -0.05) is 36.0 Å². The number of benzene rings is 2. The second-order valence-electron chi connectivity index (χ2n) is 4.40. The molecule has 0 unspecified atom stereocenters. The Morgan fingerprint density at radius 3 is 2.48 bits per heavy atom. The highest BCUT2D eigenvalue weighted by Crippen LogP contribution is 2.31. The average Bonchev–Trinajstić information content (AvgIpc) is 2.49. The fourth-order valence-corrected chi connectivity index (χ4v) is 2.56. The monoisotopic (exact) mass is 309 g/mol. The fourth-order valence-electron chi connectivity index (χ4n) is 1.95. The second-order valence-corrected chi connectivity index (χ2v) is 5.43. The minimum atomic E-state index is -2.41. The molecule has 0 heterocycles. The maximum Gasteiger partial charge on any atom is 0.288 e. The Hall–Kier alpha value is -1.75. The summed E-state index contributed by atoms with van der Waals surface area (Å²) < 4.78 is 30.1. The molecule has 112 valence electrons. The summed E-state index contributed by atoms with van der Waals surface area (Å²) in [6.07, 6.45) is 0.817. The molecule has 0 saturated carbocycles. The maximum atomic E-state index is 12.5. The molecule has 0 radical (unpaired) electrons. The van der Waals surface area contributed by atoms with Crippen molar-refractivity contribution in [1.82, 2.24) is 0 Å². The van der Waals surface area contributed by atoms with E-state index >= 15 is 0 Å².